The van der Waals surface area contributed by atoms with Crippen LogP contribution in [0.3, 0.4) is 0 Å². The van der Waals surface area contributed by atoms with E-state index in [0.29, 0.717) is 23.6 Å². The van der Waals surface area contributed by atoms with Crippen molar-refractivity contribution >= 4 is 0 Å². The van der Waals surface area contributed by atoms with Crippen LogP contribution in [0.15, 0.2) is 42.6 Å². The summed E-state index contributed by atoms with van der Waals surface area (Å²) in [5, 5.41) is 17.7. The average molecular weight is 240 g/mol. The number of ether oxygens (including phenoxy) is 1. The van der Waals surface area contributed by atoms with Gasteiger partial charge in [0.25, 0.3) is 0 Å². The highest BCUT2D eigenvalue weighted by atomic mass is 16.5. The number of hydrogen-bond donors (Lipinski definition) is 1. The highest BCUT2D eigenvalue weighted by Crippen LogP contribution is 2.22. The molecular weight excluding hydrogens is 228 g/mol. The van der Waals surface area contributed by atoms with Crippen LogP contribution < -0.4 is 4.74 Å². The van der Waals surface area contributed by atoms with Gasteiger partial charge in [0.15, 0.2) is 0 Å². The molecule has 0 unspecified atom stereocenters. The van der Waals surface area contributed by atoms with Gasteiger partial charge < -0.3 is 9.84 Å². The lowest BCUT2D eigenvalue weighted by atomic mass is 10.1. The Bertz CT molecular complexity index is 559. The Hall–Kier alpha value is -2.38. The first-order valence-electron chi connectivity index (χ1n) is 5.56. The van der Waals surface area contributed by atoms with Gasteiger partial charge in [-0.1, -0.05) is 12.1 Å². The van der Waals surface area contributed by atoms with Gasteiger partial charge >= 0.3 is 0 Å². The topological polar surface area (TPSA) is 66.1 Å². The van der Waals surface area contributed by atoms with Gasteiger partial charge in [-0.25, -0.2) is 4.98 Å². The minimum atomic E-state index is 0.124. The Morgan fingerprint density at radius 3 is 2.67 bits per heavy atom. The van der Waals surface area contributed by atoms with Crippen molar-refractivity contribution in [3.63, 3.8) is 0 Å². The third-order valence-corrected chi connectivity index (χ3v) is 2.43. The van der Waals surface area contributed by atoms with E-state index < -0.39 is 0 Å². The fraction of sp³-hybridized carbons (Fsp3) is 0.143. The van der Waals surface area contributed by atoms with Gasteiger partial charge in [0.05, 0.1) is 0 Å². The SMILES string of the molecule is N#Cc1cccnc1Oc1ccc(CCO)cc1. The second-order valence-electron chi connectivity index (χ2n) is 3.69. The molecule has 0 spiro atoms. The summed E-state index contributed by atoms with van der Waals surface area (Å²) in [6.45, 7) is 0.124. The minimum Gasteiger partial charge on any atom is -0.438 e. The molecule has 0 saturated carbocycles. The number of aliphatic hydroxyl groups excluding tert-OH is 1. The highest BCUT2D eigenvalue weighted by molar-refractivity contribution is 5.40. The summed E-state index contributed by atoms with van der Waals surface area (Å²) in [7, 11) is 0. The van der Waals surface area contributed by atoms with E-state index in [9.17, 15) is 0 Å². The number of hydrogen-bond acceptors (Lipinski definition) is 4. The van der Waals surface area contributed by atoms with Crippen LogP contribution in [0.5, 0.6) is 11.6 Å². The number of nitriles is 1. The average Bonchev–Trinajstić information content (AvgIpc) is 2.42. The molecule has 0 aliphatic heterocycles. The largest absolute Gasteiger partial charge is 0.438 e. The van der Waals surface area contributed by atoms with Gasteiger partial charge in [-0.15, -0.1) is 0 Å². The molecule has 2 aromatic rings. The van der Waals surface area contributed by atoms with E-state index in [2.05, 4.69) is 4.98 Å². The van der Waals surface area contributed by atoms with Gasteiger partial charge in [0.2, 0.25) is 5.88 Å². The quantitative estimate of drug-likeness (QED) is 0.890. The first-order valence-corrected chi connectivity index (χ1v) is 5.56. The Morgan fingerprint density at radius 2 is 2.00 bits per heavy atom. The van der Waals surface area contributed by atoms with Crippen molar-refractivity contribution in [2.45, 2.75) is 6.42 Å². The van der Waals surface area contributed by atoms with E-state index >= 15 is 0 Å². The number of benzene rings is 1. The summed E-state index contributed by atoms with van der Waals surface area (Å²) in [6.07, 6.45) is 2.20. The van der Waals surface area contributed by atoms with Crippen LogP contribution in [0, 0.1) is 11.3 Å². The Balaban J connectivity index is 2.16. The minimum absolute atomic E-state index is 0.124. The second-order valence-corrected chi connectivity index (χ2v) is 3.69. The zero-order chi connectivity index (χ0) is 12.8. The smallest absolute Gasteiger partial charge is 0.237 e. The van der Waals surface area contributed by atoms with Crippen molar-refractivity contribution in [2.75, 3.05) is 6.61 Å². The van der Waals surface area contributed by atoms with Gasteiger partial charge in [0, 0.05) is 12.8 Å². The van der Waals surface area contributed by atoms with Crippen LogP contribution in [-0.4, -0.2) is 16.7 Å². The summed E-state index contributed by atoms with van der Waals surface area (Å²) < 4.78 is 5.54. The molecule has 18 heavy (non-hydrogen) atoms. The standard InChI is InChI=1S/C14H12N2O2/c15-10-12-2-1-8-16-14(12)18-13-5-3-11(4-6-13)7-9-17/h1-6,8,17H,7,9H2. The summed E-state index contributed by atoms with van der Waals surface area (Å²) in [4.78, 5) is 4.02. The summed E-state index contributed by atoms with van der Waals surface area (Å²) in [5.41, 5.74) is 1.43. The molecule has 0 aliphatic carbocycles. The molecular formula is C14H12N2O2. The highest BCUT2D eigenvalue weighted by Gasteiger charge is 2.04. The summed E-state index contributed by atoms with van der Waals surface area (Å²) in [6, 6.07) is 12.7. The first kappa shape index (κ1) is 12.1. The van der Waals surface area contributed by atoms with E-state index in [4.69, 9.17) is 15.1 Å². The van der Waals surface area contributed by atoms with Crippen molar-refractivity contribution in [3.05, 3.63) is 53.7 Å². The molecule has 0 amide bonds. The Labute approximate surface area is 105 Å². The Morgan fingerprint density at radius 1 is 1.22 bits per heavy atom. The number of aliphatic hydroxyl groups is 1. The number of rotatable bonds is 4. The van der Waals surface area contributed by atoms with E-state index in [1.165, 1.54) is 0 Å². The molecule has 0 atom stereocenters. The van der Waals surface area contributed by atoms with Crippen molar-refractivity contribution in [1.29, 1.82) is 5.26 Å². The van der Waals surface area contributed by atoms with Gasteiger partial charge in [-0.3, -0.25) is 0 Å². The lowest BCUT2D eigenvalue weighted by molar-refractivity contribution is 0.299. The molecule has 1 heterocycles. The van der Waals surface area contributed by atoms with Crippen LogP contribution in [-0.2, 0) is 6.42 Å². The Kier molecular flexibility index (Phi) is 3.90. The van der Waals surface area contributed by atoms with Crippen molar-refractivity contribution < 1.29 is 9.84 Å². The van der Waals surface area contributed by atoms with Crippen LogP contribution in [0.2, 0.25) is 0 Å². The predicted molar refractivity (Wildman–Crippen MR) is 66.3 cm³/mol. The van der Waals surface area contributed by atoms with Crippen LogP contribution in [0.1, 0.15) is 11.1 Å². The molecule has 90 valence electrons. The molecule has 0 bridgehead atoms. The number of aromatic nitrogens is 1. The maximum atomic E-state index is 8.91. The first-order chi connectivity index (χ1) is 8.83. The molecule has 1 aromatic heterocycles. The number of nitrogens with zero attached hydrogens (tertiary/aromatic N) is 2. The van der Waals surface area contributed by atoms with E-state index in [0.717, 1.165) is 5.56 Å². The molecule has 4 nitrogen and oxygen atoms in total. The summed E-state index contributed by atoms with van der Waals surface area (Å²) in [5.74, 6) is 0.918. The van der Waals surface area contributed by atoms with Gasteiger partial charge in [-0.2, -0.15) is 5.26 Å². The molecule has 0 saturated heterocycles. The molecule has 1 aromatic carbocycles. The fourth-order valence-electron chi connectivity index (χ4n) is 1.52. The fourth-order valence-corrected chi connectivity index (χ4v) is 1.52. The second kappa shape index (κ2) is 5.80. The maximum Gasteiger partial charge on any atom is 0.237 e. The van der Waals surface area contributed by atoms with Crippen molar-refractivity contribution in [1.82, 2.24) is 4.98 Å². The molecule has 0 fully saturated rings. The molecule has 4 heteroatoms. The van der Waals surface area contributed by atoms with Gasteiger partial charge in [-0.05, 0) is 36.2 Å². The zero-order valence-corrected chi connectivity index (χ0v) is 9.71. The predicted octanol–water partition coefficient (Wildman–Crippen LogP) is 2.28. The van der Waals surface area contributed by atoms with E-state index in [1.807, 2.05) is 18.2 Å². The van der Waals surface area contributed by atoms with Crippen LogP contribution in [0.25, 0.3) is 0 Å². The van der Waals surface area contributed by atoms with Crippen LogP contribution in [0.4, 0.5) is 0 Å². The van der Waals surface area contributed by atoms with Crippen molar-refractivity contribution in [2.24, 2.45) is 0 Å². The lowest BCUT2D eigenvalue weighted by Crippen LogP contribution is -1.93. The van der Waals surface area contributed by atoms with Crippen LogP contribution >= 0.6 is 0 Å². The third-order valence-electron chi connectivity index (χ3n) is 2.43. The maximum absolute atomic E-state index is 8.91. The number of pyridine rings is 1. The molecule has 2 rings (SSSR count). The van der Waals surface area contributed by atoms with E-state index in [1.54, 1.807) is 30.5 Å². The van der Waals surface area contributed by atoms with E-state index in [-0.39, 0.29) is 6.61 Å². The normalized spacial score (nSPS) is 9.78. The molecule has 0 radical (unpaired) electrons. The third kappa shape index (κ3) is 2.84. The zero-order valence-electron chi connectivity index (χ0n) is 9.71. The van der Waals surface area contributed by atoms with Gasteiger partial charge in [0.1, 0.15) is 17.4 Å². The lowest BCUT2D eigenvalue weighted by Gasteiger charge is -2.06. The molecule has 0 aliphatic rings. The summed E-state index contributed by atoms with van der Waals surface area (Å²) >= 11 is 0. The monoisotopic (exact) mass is 240 g/mol. The van der Waals surface area contributed by atoms with Crippen molar-refractivity contribution in [3.8, 4) is 17.7 Å². The molecule has 1 N–H and O–H groups in total.